The van der Waals surface area contributed by atoms with Crippen molar-refractivity contribution < 1.29 is 24.2 Å². The van der Waals surface area contributed by atoms with Gasteiger partial charge in [-0.25, -0.2) is 4.79 Å². The number of hydrogen-bond donors (Lipinski definition) is 3. The Labute approximate surface area is 218 Å². The first-order valence-corrected chi connectivity index (χ1v) is 12.2. The highest BCUT2D eigenvalue weighted by Gasteiger charge is 2.22. The van der Waals surface area contributed by atoms with Gasteiger partial charge in [0.25, 0.3) is 5.91 Å². The summed E-state index contributed by atoms with van der Waals surface area (Å²) in [4.78, 5) is 38.0. The lowest BCUT2D eigenvalue weighted by Gasteiger charge is -2.18. The molecule has 1 unspecified atom stereocenters. The number of hydrogen-bond acceptors (Lipinski definition) is 5. The molecule has 3 N–H and O–H groups in total. The predicted octanol–water partition coefficient (Wildman–Crippen LogP) is 6.12. The van der Waals surface area contributed by atoms with Crippen molar-refractivity contribution in [3.05, 3.63) is 120 Å². The Morgan fingerprint density at radius 3 is 2.19 bits per heavy atom. The van der Waals surface area contributed by atoms with Crippen LogP contribution in [-0.2, 0) is 4.79 Å². The van der Waals surface area contributed by atoms with Crippen LogP contribution in [-0.4, -0.2) is 30.0 Å². The predicted molar refractivity (Wildman–Crippen MR) is 144 cm³/mol. The number of thioether (sulfide) groups is 1. The Kier molecular flexibility index (Phi) is 8.22. The Balaban J connectivity index is 1.52. The van der Waals surface area contributed by atoms with Gasteiger partial charge in [0, 0.05) is 21.8 Å². The smallest absolute Gasteiger partial charge is 0.335 e. The topological polar surface area (TPSA) is 105 Å². The Morgan fingerprint density at radius 2 is 1.49 bits per heavy atom. The van der Waals surface area contributed by atoms with Crippen LogP contribution in [0.1, 0.15) is 31.5 Å². The molecule has 0 fully saturated rings. The lowest BCUT2D eigenvalue weighted by atomic mass is 10.1. The summed E-state index contributed by atoms with van der Waals surface area (Å²) >= 11 is 1.34. The van der Waals surface area contributed by atoms with Gasteiger partial charge in [0.2, 0.25) is 5.91 Å². The minimum atomic E-state index is -1.03. The summed E-state index contributed by atoms with van der Waals surface area (Å²) in [5, 5.41) is 14.3. The van der Waals surface area contributed by atoms with Gasteiger partial charge in [-0.2, -0.15) is 0 Å². The molecule has 37 heavy (non-hydrogen) atoms. The van der Waals surface area contributed by atoms with Crippen molar-refractivity contribution in [3.8, 4) is 5.75 Å². The van der Waals surface area contributed by atoms with Crippen LogP contribution >= 0.6 is 11.8 Å². The van der Waals surface area contributed by atoms with Gasteiger partial charge in [0.15, 0.2) is 0 Å². The molecular weight excluding hydrogens is 488 g/mol. The molecule has 0 saturated heterocycles. The minimum absolute atomic E-state index is 0.139. The van der Waals surface area contributed by atoms with E-state index in [2.05, 4.69) is 10.6 Å². The van der Waals surface area contributed by atoms with E-state index >= 15 is 0 Å². The quantitative estimate of drug-likeness (QED) is 0.234. The highest BCUT2D eigenvalue weighted by molar-refractivity contribution is 8.00. The Morgan fingerprint density at radius 1 is 0.757 bits per heavy atom. The third-order valence-electron chi connectivity index (χ3n) is 5.42. The molecule has 4 aromatic carbocycles. The zero-order chi connectivity index (χ0) is 26.2. The number of carbonyl (C=O) groups excluding carboxylic acids is 2. The number of methoxy groups -OCH3 is 1. The van der Waals surface area contributed by atoms with Crippen LogP contribution in [0.5, 0.6) is 5.75 Å². The number of benzene rings is 4. The molecule has 0 aliphatic heterocycles. The van der Waals surface area contributed by atoms with Crippen molar-refractivity contribution in [3.63, 3.8) is 0 Å². The van der Waals surface area contributed by atoms with Crippen LogP contribution in [0.4, 0.5) is 11.4 Å². The number of carbonyl (C=O) groups is 3. The average Bonchev–Trinajstić information content (AvgIpc) is 2.92. The molecule has 0 radical (unpaired) electrons. The molecule has 0 spiro atoms. The summed E-state index contributed by atoms with van der Waals surface area (Å²) < 4.78 is 5.19. The molecule has 8 heteroatoms. The van der Waals surface area contributed by atoms with E-state index in [9.17, 15) is 14.4 Å². The third-order valence-corrected chi connectivity index (χ3v) is 6.67. The monoisotopic (exact) mass is 512 g/mol. The number of anilines is 2. The second kappa shape index (κ2) is 11.9. The molecule has 186 valence electrons. The van der Waals surface area contributed by atoms with Crippen LogP contribution < -0.4 is 15.4 Å². The number of ether oxygens (including phenoxy) is 1. The fourth-order valence-corrected chi connectivity index (χ4v) is 4.64. The first-order valence-electron chi connectivity index (χ1n) is 11.3. The van der Waals surface area contributed by atoms with Gasteiger partial charge in [-0.15, -0.1) is 11.8 Å². The van der Waals surface area contributed by atoms with Gasteiger partial charge < -0.3 is 20.5 Å². The van der Waals surface area contributed by atoms with Crippen molar-refractivity contribution in [1.29, 1.82) is 0 Å². The average molecular weight is 513 g/mol. The second-order valence-corrected chi connectivity index (χ2v) is 9.17. The molecule has 2 amide bonds. The summed E-state index contributed by atoms with van der Waals surface area (Å²) in [6.45, 7) is 0. The van der Waals surface area contributed by atoms with Gasteiger partial charge in [0.1, 0.15) is 11.0 Å². The summed E-state index contributed by atoms with van der Waals surface area (Å²) in [6, 6.07) is 29.5. The van der Waals surface area contributed by atoms with Gasteiger partial charge in [0.05, 0.1) is 12.7 Å². The van der Waals surface area contributed by atoms with Crippen LogP contribution in [0, 0.1) is 0 Å². The van der Waals surface area contributed by atoms with Crippen molar-refractivity contribution in [2.75, 3.05) is 17.7 Å². The summed E-state index contributed by atoms with van der Waals surface area (Å²) in [5.74, 6) is -0.978. The maximum atomic E-state index is 13.3. The van der Waals surface area contributed by atoms with Crippen molar-refractivity contribution >= 4 is 40.9 Å². The molecule has 0 aromatic heterocycles. The van der Waals surface area contributed by atoms with E-state index in [1.807, 2.05) is 48.5 Å². The summed E-state index contributed by atoms with van der Waals surface area (Å²) in [7, 11) is 1.54. The SMILES string of the molecule is COc1cccc(C(=O)Nc2cccc(SC(C(=O)Nc3ccc(C(=O)O)cc3)c3ccccc3)c2)c1. The van der Waals surface area contributed by atoms with Gasteiger partial charge in [-0.1, -0.05) is 42.5 Å². The molecule has 4 aromatic rings. The standard InChI is InChI=1S/C29H24N2O5S/c1-36-24-11-5-9-21(17-24)27(32)31-23-10-6-12-25(18-23)37-26(19-7-3-2-4-8-19)28(33)30-22-15-13-20(14-16-22)29(34)35/h2-18,26H,1H3,(H,30,33)(H,31,32)(H,34,35). The summed E-state index contributed by atoms with van der Waals surface area (Å²) in [5.41, 5.74) is 2.50. The van der Waals surface area contributed by atoms with Crippen LogP contribution in [0.2, 0.25) is 0 Å². The Hall–Kier alpha value is -4.56. The first kappa shape index (κ1) is 25.5. The molecular formula is C29H24N2O5S. The minimum Gasteiger partial charge on any atom is -0.497 e. The van der Waals surface area contributed by atoms with Crippen molar-refractivity contribution in [2.45, 2.75) is 10.1 Å². The van der Waals surface area contributed by atoms with Crippen LogP contribution in [0.15, 0.2) is 108 Å². The van der Waals surface area contributed by atoms with Gasteiger partial charge in [-0.05, 0) is 66.2 Å². The lowest BCUT2D eigenvalue weighted by Crippen LogP contribution is -2.19. The fourth-order valence-electron chi connectivity index (χ4n) is 3.56. The highest BCUT2D eigenvalue weighted by atomic mass is 32.2. The molecule has 0 bridgehead atoms. The third kappa shape index (κ3) is 6.77. The van der Waals surface area contributed by atoms with E-state index in [0.29, 0.717) is 22.7 Å². The molecule has 0 aliphatic rings. The van der Waals surface area contributed by atoms with E-state index < -0.39 is 11.2 Å². The van der Waals surface area contributed by atoms with E-state index in [0.717, 1.165) is 10.5 Å². The van der Waals surface area contributed by atoms with E-state index in [4.69, 9.17) is 9.84 Å². The number of rotatable bonds is 9. The molecule has 4 rings (SSSR count). The largest absolute Gasteiger partial charge is 0.497 e. The van der Waals surface area contributed by atoms with E-state index in [1.54, 1.807) is 49.6 Å². The van der Waals surface area contributed by atoms with Crippen molar-refractivity contribution in [2.24, 2.45) is 0 Å². The zero-order valence-corrected chi connectivity index (χ0v) is 20.7. The van der Waals surface area contributed by atoms with Gasteiger partial charge in [-0.3, -0.25) is 9.59 Å². The van der Waals surface area contributed by atoms with Crippen LogP contribution in [0.25, 0.3) is 0 Å². The Bertz CT molecular complexity index is 1410. The molecule has 7 nitrogen and oxygen atoms in total. The number of aromatic carboxylic acids is 1. The maximum absolute atomic E-state index is 13.3. The normalized spacial score (nSPS) is 11.3. The zero-order valence-electron chi connectivity index (χ0n) is 19.9. The number of amides is 2. The second-order valence-electron chi connectivity index (χ2n) is 7.99. The lowest BCUT2D eigenvalue weighted by molar-refractivity contribution is -0.115. The van der Waals surface area contributed by atoms with Gasteiger partial charge >= 0.3 is 5.97 Å². The maximum Gasteiger partial charge on any atom is 0.335 e. The first-order chi connectivity index (χ1) is 17.9. The molecule has 0 saturated carbocycles. The summed E-state index contributed by atoms with van der Waals surface area (Å²) in [6.07, 6.45) is 0. The van der Waals surface area contributed by atoms with Crippen molar-refractivity contribution in [1.82, 2.24) is 0 Å². The van der Waals surface area contributed by atoms with E-state index in [1.165, 1.54) is 23.9 Å². The van der Waals surface area contributed by atoms with Crippen LogP contribution in [0.3, 0.4) is 0 Å². The molecule has 1 atom stereocenters. The highest BCUT2D eigenvalue weighted by Crippen LogP contribution is 2.37. The molecule has 0 aliphatic carbocycles. The number of nitrogens with one attached hydrogen (secondary N) is 2. The molecule has 0 heterocycles. The number of carboxylic acids is 1. The number of carboxylic acid groups (broad SMARTS) is 1. The fraction of sp³-hybridized carbons (Fsp3) is 0.0690. The van der Waals surface area contributed by atoms with E-state index in [-0.39, 0.29) is 17.4 Å².